The molecule has 1 amide bonds. The molecule has 92 valence electrons. The van der Waals surface area contributed by atoms with E-state index in [0.717, 1.165) is 12.8 Å². The first-order valence-electron chi connectivity index (χ1n) is 6.36. The van der Waals surface area contributed by atoms with Crippen LogP contribution in [0.2, 0.25) is 0 Å². The minimum Gasteiger partial charge on any atom is -0.320 e. The summed E-state index contributed by atoms with van der Waals surface area (Å²) in [6.45, 7) is 0.525. The lowest BCUT2D eigenvalue weighted by Gasteiger charge is -2.30. The fourth-order valence-electron chi connectivity index (χ4n) is 2.75. The number of carbonyl (C=O) groups excluding carboxylic acids is 1. The second kappa shape index (κ2) is 5.33. The minimum atomic E-state index is -0.425. The van der Waals surface area contributed by atoms with Crippen LogP contribution in [0.1, 0.15) is 32.1 Å². The molecule has 0 saturated heterocycles. The lowest BCUT2D eigenvalue weighted by Crippen LogP contribution is -2.49. The second-order valence-electron chi connectivity index (χ2n) is 4.92. The maximum atomic E-state index is 12.2. The standard InChI is InChI=1S/C13H19N3O/c14-9-11-7-4-8-16(11)13(17)12(15)10-5-2-1-3-6-10/h4,7,10-12H,1-3,5-6,8,15H2/t11-,12?/m0/s1. The minimum absolute atomic E-state index is 0.0616. The summed E-state index contributed by atoms with van der Waals surface area (Å²) >= 11 is 0. The van der Waals surface area contributed by atoms with Gasteiger partial charge in [0.2, 0.25) is 5.91 Å². The first-order chi connectivity index (χ1) is 8.24. The fourth-order valence-corrected chi connectivity index (χ4v) is 2.75. The first kappa shape index (κ1) is 12.1. The van der Waals surface area contributed by atoms with Crippen LogP contribution >= 0.6 is 0 Å². The summed E-state index contributed by atoms with van der Waals surface area (Å²) in [5, 5.41) is 8.94. The van der Waals surface area contributed by atoms with Crippen molar-refractivity contribution in [2.45, 2.75) is 44.2 Å². The smallest absolute Gasteiger partial charge is 0.241 e. The molecule has 2 aliphatic rings. The molecule has 1 heterocycles. The van der Waals surface area contributed by atoms with Gasteiger partial charge in [-0.05, 0) is 24.8 Å². The average Bonchev–Trinajstić information content (AvgIpc) is 2.86. The lowest BCUT2D eigenvalue weighted by molar-refractivity contribution is -0.133. The van der Waals surface area contributed by atoms with Crippen molar-refractivity contribution in [3.63, 3.8) is 0 Å². The Hall–Kier alpha value is -1.34. The Labute approximate surface area is 102 Å². The van der Waals surface area contributed by atoms with Crippen LogP contribution in [0.4, 0.5) is 0 Å². The number of rotatable bonds is 2. The molecule has 1 aliphatic heterocycles. The monoisotopic (exact) mass is 233 g/mol. The van der Waals surface area contributed by atoms with Crippen LogP contribution in [0.3, 0.4) is 0 Å². The van der Waals surface area contributed by atoms with Gasteiger partial charge in [0.25, 0.3) is 0 Å². The van der Waals surface area contributed by atoms with E-state index in [9.17, 15) is 4.79 Å². The third-order valence-corrected chi connectivity index (χ3v) is 3.81. The average molecular weight is 233 g/mol. The Morgan fingerprint density at radius 2 is 2.12 bits per heavy atom. The Bertz CT molecular complexity index is 352. The van der Waals surface area contributed by atoms with Crippen LogP contribution in [0.15, 0.2) is 12.2 Å². The van der Waals surface area contributed by atoms with Crippen molar-refractivity contribution in [3.05, 3.63) is 12.2 Å². The molecule has 0 aromatic rings. The highest BCUT2D eigenvalue weighted by Crippen LogP contribution is 2.27. The van der Waals surface area contributed by atoms with Gasteiger partial charge < -0.3 is 10.6 Å². The zero-order valence-electron chi connectivity index (χ0n) is 10.0. The highest BCUT2D eigenvalue weighted by Gasteiger charge is 2.33. The maximum absolute atomic E-state index is 12.2. The molecular formula is C13H19N3O. The summed E-state index contributed by atoms with van der Waals surface area (Å²) in [6, 6.07) is 1.27. The van der Waals surface area contributed by atoms with Crippen LogP contribution in [0, 0.1) is 17.2 Å². The van der Waals surface area contributed by atoms with Gasteiger partial charge >= 0.3 is 0 Å². The summed E-state index contributed by atoms with van der Waals surface area (Å²) < 4.78 is 0. The van der Waals surface area contributed by atoms with Crippen LogP contribution in [0.5, 0.6) is 0 Å². The van der Waals surface area contributed by atoms with Crippen molar-refractivity contribution >= 4 is 5.91 Å². The first-order valence-corrected chi connectivity index (χ1v) is 6.36. The third-order valence-electron chi connectivity index (χ3n) is 3.81. The molecule has 1 unspecified atom stereocenters. The molecule has 2 N–H and O–H groups in total. The summed E-state index contributed by atoms with van der Waals surface area (Å²) in [4.78, 5) is 13.8. The van der Waals surface area contributed by atoms with E-state index in [4.69, 9.17) is 11.0 Å². The highest BCUT2D eigenvalue weighted by molar-refractivity contribution is 5.83. The number of amides is 1. The SMILES string of the molecule is N#C[C@@H]1C=CCN1C(=O)C(N)C1CCCCC1. The van der Waals surface area contributed by atoms with E-state index in [2.05, 4.69) is 6.07 Å². The van der Waals surface area contributed by atoms with Crippen molar-refractivity contribution < 1.29 is 4.79 Å². The van der Waals surface area contributed by atoms with Gasteiger partial charge in [-0.15, -0.1) is 0 Å². The largest absolute Gasteiger partial charge is 0.320 e. The molecule has 4 nitrogen and oxygen atoms in total. The molecule has 2 atom stereocenters. The summed E-state index contributed by atoms with van der Waals surface area (Å²) in [6.07, 6.45) is 9.32. The van der Waals surface area contributed by atoms with Crippen molar-refractivity contribution in [2.24, 2.45) is 11.7 Å². The van der Waals surface area contributed by atoms with E-state index in [1.165, 1.54) is 19.3 Å². The molecule has 0 aromatic heterocycles. The molecule has 1 saturated carbocycles. The second-order valence-corrected chi connectivity index (χ2v) is 4.92. The number of hydrogen-bond acceptors (Lipinski definition) is 3. The van der Waals surface area contributed by atoms with Crippen LogP contribution in [-0.4, -0.2) is 29.4 Å². The van der Waals surface area contributed by atoms with Gasteiger partial charge in [-0.2, -0.15) is 5.26 Å². The molecule has 0 bridgehead atoms. The van der Waals surface area contributed by atoms with Crippen LogP contribution < -0.4 is 5.73 Å². The Morgan fingerprint density at radius 3 is 2.76 bits per heavy atom. The van der Waals surface area contributed by atoms with Gasteiger partial charge in [0.15, 0.2) is 0 Å². The predicted molar refractivity (Wildman–Crippen MR) is 64.8 cm³/mol. The highest BCUT2D eigenvalue weighted by atomic mass is 16.2. The van der Waals surface area contributed by atoms with Crippen LogP contribution in [-0.2, 0) is 4.79 Å². The molecule has 0 aromatic carbocycles. The van der Waals surface area contributed by atoms with E-state index in [0.29, 0.717) is 12.5 Å². The number of nitriles is 1. The van der Waals surface area contributed by atoms with Crippen molar-refractivity contribution in [1.29, 1.82) is 5.26 Å². The summed E-state index contributed by atoms with van der Waals surface area (Å²) in [7, 11) is 0. The number of nitrogens with zero attached hydrogens (tertiary/aromatic N) is 2. The lowest BCUT2D eigenvalue weighted by atomic mass is 9.83. The van der Waals surface area contributed by atoms with E-state index < -0.39 is 12.1 Å². The van der Waals surface area contributed by atoms with Gasteiger partial charge in [0, 0.05) is 6.54 Å². The predicted octanol–water partition coefficient (Wildman–Crippen LogP) is 1.18. The van der Waals surface area contributed by atoms with Crippen molar-refractivity contribution in [2.75, 3.05) is 6.54 Å². The van der Waals surface area contributed by atoms with Gasteiger partial charge in [0.05, 0.1) is 12.1 Å². The van der Waals surface area contributed by atoms with E-state index >= 15 is 0 Å². The zero-order chi connectivity index (χ0) is 12.3. The number of carbonyl (C=O) groups is 1. The van der Waals surface area contributed by atoms with E-state index in [1.807, 2.05) is 6.08 Å². The third kappa shape index (κ3) is 2.50. The molecule has 1 fully saturated rings. The maximum Gasteiger partial charge on any atom is 0.241 e. The van der Waals surface area contributed by atoms with Gasteiger partial charge in [-0.3, -0.25) is 4.79 Å². The summed E-state index contributed by atoms with van der Waals surface area (Å²) in [5.74, 6) is 0.240. The van der Waals surface area contributed by atoms with Crippen molar-refractivity contribution in [1.82, 2.24) is 4.90 Å². The molecule has 4 heteroatoms. The zero-order valence-corrected chi connectivity index (χ0v) is 10.0. The van der Waals surface area contributed by atoms with Gasteiger partial charge in [-0.25, -0.2) is 0 Å². The fraction of sp³-hybridized carbons (Fsp3) is 0.692. The van der Waals surface area contributed by atoms with Crippen LogP contribution in [0.25, 0.3) is 0 Å². The normalized spacial score (nSPS) is 26.8. The Morgan fingerprint density at radius 1 is 1.41 bits per heavy atom. The topological polar surface area (TPSA) is 70.1 Å². The van der Waals surface area contributed by atoms with E-state index in [-0.39, 0.29) is 5.91 Å². The number of nitrogens with two attached hydrogens (primary N) is 1. The van der Waals surface area contributed by atoms with E-state index in [1.54, 1.807) is 11.0 Å². The number of hydrogen-bond donors (Lipinski definition) is 1. The van der Waals surface area contributed by atoms with Gasteiger partial charge in [0.1, 0.15) is 6.04 Å². The molecule has 0 spiro atoms. The Balaban J connectivity index is 1.97. The molecule has 1 aliphatic carbocycles. The molecule has 17 heavy (non-hydrogen) atoms. The molecular weight excluding hydrogens is 214 g/mol. The van der Waals surface area contributed by atoms with Gasteiger partial charge in [-0.1, -0.05) is 25.3 Å². The molecule has 0 radical (unpaired) electrons. The quantitative estimate of drug-likeness (QED) is 0.728. The Kier molecular flexibility index (Phi) is 3.80. The summed E-state index contributed by atoms with van der Waals surface area (Å²) in [5.41, 5.74) is 6.06. The van der Waals surface area contributed by atoms with Crippen molar-refractivity contribution in [3.8, 4) is 6.07 Å². The molecule has 2 rings (SSSR count).